The molecule has 4 rings (SSSR count). The van der Waals surface area contributed by atoms with Crippen LogP contribution in [0.2, 0.25) is 5.02 Å². The Balaban J connectivity index is 0.00000272. The highest BCUT2D eigenvalue weighted by atomic mass is 35.5. The van der Waals surface area contributed by atoms with E-state index in [0.29, 0.717) is 16.5 Å². The van der Waals surface area contributed by atoms with Crippen LogP contribution >= 0.6 is 24.0 Å². The summed E-state index contributed by atoms with van der Waals surface area (Å²) in [7, 11) is 0. The minimum atomic E-state index is -0.946. The van der Waals surface area contributed by atoms with Crippen LogP contribution in [0.15, 0.2) is 36.4 Å². The van der Waals surface area contributed by atoms with Crippen LogP contribution in [0.5, 0.6) is 5.75 Å². The Kier molecular flexibility index (Phi) is 8.06. The number of rotatable bonds is 6. The lowest BCUT2D eigenvalue weighted by Crippen LogP contribution is -2.36. The van der Waals surface area contributed by atoms with E-state index < -0.39 is 11.9 Å². The average Bonchev–Trinajstić information content (AvgIpc) is 2.77. The van der Waals surface area contributed by atoms with Gasteiger partial charge in [-0.1, -0.05) is 41.9 Å². The Bertz CT molecular complexity index is 902. The zero-order valence-corrected chi connectivity index (χ0v) is 18.8. The van der Waals surface area contributed by atoms with E-state index >= 15 is 0 Å². The molecule has 1 unspecified atom stereocenters. The molecule has 2 aromatic rings. The van der Waals surface area contributed by atoms with Crippen molar-refractivity contribution in [3.05, 3.63) is 58.1 Å². The van der Waals surface area contributed by atoms with Gasteiger partial charge in [-0.05, 0) is 61.9 Å². The molecule has 0 amide bonds. The zero-order chi connectivity index (χ0) is 21.1. The third kappa shape index (κ3) is 5.44. The summed E-state index contributed by atoms with van der Waals surface area (Å²) in [6, 6.07) is 12.4. The maximum absolute atomic E-state index is 11.8. The highest BCUT2D eigenvalue weighted by Crippen LogP contribution is 2.44. The number of halogens is 2. The van der Waals surface area contributed by atoms with Crippen LogP contribution in [0.25, 0.3) is 0 Å². The van der Waals surface area contributed by atoms with Crippen LogP contribution in [-0.4, -0.2) is 42.2 Å². The van der Waals surface area contributed by atoms with Crippen molar-refractivity contribution in [2.45, 2.75) is 31.6 Å². The first-order chi connectivity index (χ1) is 14.5. The summed E-state index contributed by atoms with van der Waals surface area (Å²) in [6.45, 7) is 3.12. The standard InChI is InChI=1S/C23H27ClN2O4.ClH/c24-19-13-17(20-18(23(27)28)14-29-30-22(20)21(19)25)12-16-7-10-26(11-8-16)9-6-15-4-2-1-3-5-15;/h1-5,13,16,18H,6-12,14,25H2,(H,27,28);1H. The molecule has 2 aromatic carbocycles. The van der Waals surface area contributed by atoms with Gasteiger partial charge in [-0.3, -0.25) is 4.79 Å². The van der Waals surface area contributed by atoms with E-state index in [0.717, 1.165) is 50.9 Å². The molecule has 2 aliphatic heterocycles. The van der Waals surface area contributed by atoms with Crippen LogP contribution in [0.3, 0.4) is 0 Å². The molecule has 8 heteroatoms. The first-order valence-electron chi connectivity index (χ1n) is 10.4. The average molecular weight is 467 g/mol. The highest BCUT2D eigenvalue weighted by Gasteiger charge is 2.35. The molecule has 0 bridgehead atoms. The van der Waals surface area contributed by atoms with Gasteiger partial charge in [-0.2, -0.15) is 4.89 Å². The molecule has 0 spiro atoms. The van der Waals surface area contributed by atoms with Crippen LogP contribution in [0, 0.1) is 5.92 Å². The summed E-state index contributed by atoms with van der Waals surface area (Å²) in [5, 5.41) is 10.0. The lowest BCUT2D eigenvalue weighted by atomic mass is 9.84. The van der Waals surface area contributed by atoms with Crippen molar-refractivity contribution in [3.8, 4) is 5.75 Å². The Morgan fingerprint density at radius 2 is 1.94 bits per heavy atom. The molecule has 6 nitrogen and oxygen atoms in total. The predicted molar refractivity (Wildman–Crippen MR) is 123 cm³/mol. The second kappa shape index (κ2) is 10.6. The second-order valence-electron chi connectivity index (χ2n) is 8.16. The van der Waals surface area contributed by atoms with Crippen LogP contribution in [-0.2, 0) is 22.5 Å². The van der Waals surface area contributed by atoms with Crippen molar-refractivity contribution >= 4 is 35.7 Å². The first-order valence-corrected chi connectivity index (χ1v) is 10.8. The molecular weight excluding hydrogens is 439 g/mol. The van der Waals surface area contributed by atoms with E-state index in [1.54, 1.807) is 0 Å². The Morgan fingerprint density at radius 3 is 2.61 bits per heavy atom. The maximum Gasteiger partial charge on any atom is 0.313 e. The smallest absolute Gasteiger partial charge is 0.313 e. The number of hydrogen-bond donors (Lipinski definition) is 2. The number of nitrogen functional groups attached to an aromatic ring is 1. The van der Waals surface area contributed by atoms with Crippen LogP contribution < -0.4 is 10.6 Å². The summed E-state index contributed by atoms with van der Waals surface area (Å²) in [5.41, 5.74) is 9.15. The minimum Gasteiger partial charge on any atom is -0.481 e. The molecule has 1 atom stereocenters. The number of hydrogen-bond acceptors (Lipinski definition) is 5. The number of piperidine rings is 1. The fourth-order valence-corrected chi connectivity index (χ4v) is 4.66. The lowest BCUT2D eigenvalue weighted by molar-refractivity contribution is -0.222. The Hall–Kier alpha value is -1.99. The molecule has 0 saturated carbocycles. The highest BCUT2D eigenvalue weighted by molar-refractivity contribution is 6.33. The topological polar surface area (TPSA) is 85.0 Å². The quantitative estimate of drug-likeness (QED) is 0.486. The van der Waals surface area contributed by atoms with Gasteiger partial charge in [0, 0.05) is 12.1 Å². The lowest BCUT2D eigenvalue weighted by Gasteiger charge is -2.33. The summed E-state index contributed by atoms with van der Waals surface area (Å²) in [4.78, 5) is 24.5. The van der Waals surface area contributed by atoms with E-state index in [1.165, 1.54) is 5.56 Å². The van der Waals surface area contributed by atoms with Crippen molar-refractivity contribution in [1.82, 2.24) is 4.90 Å². The van der Waals surface area contributed by atoms with E-state index in [-0.39, 0.29) is 30.5 Å². The van der Waals surface area contributed by atoms with E-state index in [2.05, 4.69) is 29.2 Å². The van der Waals surface area contributed by atoms with Gasteiger partial charge in [-0.25, -0.2) is 0 Å². The largest absolute Gasteiger partial charge is 0.481 e. The normalized spacial score (nSPS) is 19.2. The number of aliphatic carboxylic acids is 1. The second-order valence-corrected chi connectivity index (χ2v) is 8.56. The molecular formula is C23H28Cl2N2O4. The Labute approximate surface area is 193 Å². The summed E-state index contributed by atoms with van der Waals surface area (Å²) in [5.74, 6) is -1.01. The van der Waals surface area contributed by atoms with Gasteiger partial charge in [0.25, 0.3) is 0 Å². The molecule has 168 valence electrons. The number of carboxylic acid groups (broad SMARTS) is 1. The van der Waals surface area contributed by atoms with Crippen LogP contribution in [0.1, 0.15) is 35.4 Å². The van der Waals surface area contributed by atoms with Crippen molar-refractivity contribution in [2.75, 3.05) is 32.0 Å². The number of likely N-dealkylation sites (tertiary alicyclic amines) is 1. The number of carboxylic acids is 1. The van der Waals surface area contributed by atoms with E-state index in [4.69, 9.17) is 27.1 Å². The third-order valence-electron chi connectivity index (χ3n) is 6.19. The minimum absolute atomic E-state index is 0. The SMILES string of the molecule is Cl.Nc1c(Cl)cc(CC2CCN(CCc3ccccc3)CC2)c2c1OOCC2C(=O)O. The summed E-state index contributed by atoms with van der Waals surface area (Å²) >= 11 is 6.30. The van der Waals surface area contributed by atoms with Crippen molar-refractivity contribution in [1.29, 1.82) is 0 Å². The number of nitrogens with zero attached hydrogens (tertiary/aromatic N) is 1. The molecule has 1 saturated heterocycles. The molecule has 1 fully saturated rings. The fraction of sp³-hybridized carbons (Fsp3) is 0.435. The van der Waals surface area contributed by atoms with Gasteiger partial charge >= 0.3 is 5.97 Å². The summed E-state index contributed by atoms with van der Waals surface area (Å²) < 4.78 is 0. The third-order valence-corrected chi connectivity index (χ3v) is 6.50. The predicted octanol–water partition coefficient (Wildman–Crippen LogP) is 4.33. The number of fused-ring (bicyclic) bond motifs is 1. The maximum atomic E-state index is 11.8. The monoisotopic (exact) mass is 466 g/mol. The molecule has 0 radical (unpaired) electrons. The first kappa shape index (κ1) is 23.7. The number of carbonyl (C=O) groups is 1. The van der Waals surface area contributed by atoms with Gasteiger partial charge in [-0.15, -0.1) is 12.4 Å². The van der Waals surface area contributed by atoms with Crippen LogP contribution in [0.4, 0.5) is 5.69 Å². The number of nitrogens with two attached hydrogens (primary N) is 1. The van der Waals surface area contributed by atoms with Gasteiger partial charge in [0.05, 0.1) is 10.7 Å². The van der Waals surface area contributed by atoms with Crippen molar-refractivity contribution in [2.24, 2.45) is 5.92 Å². The zero-order valence-electron chi connectivity index (χ0n) is 17.3. The van der Waals surface area contributed by atoms with Crippen molar-refractivity contribution in [3.63, 3.8) is 0 Å². The fourth-order valence-electron chi connectivity index (χ4n) is 4.44. The van der Waals surface area contributed by atoms with Gasteiger partial charge in [0.15, 0.2) is 5.75 Å². The van der Waals surface area contributed by atoms with Crippen molar-refractivity contribution < 1.29 is 19.7 Å². The molecule has 0 aliphatic carbocycles. The molecule has 2 aliphatic rings. The number of benzene rings is 2. The van der Waals surface area contributed by atoms with Gasteiger partial charge in [0.2, 0.25) is 0 Å². The Morgan fingerprint density at radius 1 is 1.23 bits per heavy atom. The molecule has 3 N–H and O–H groups in total. The molecule has 0 aromatic heterocycles. The summed E-state index contributed by atoms with van der Waals surface area (Å²) in [6.07, 6.45) is 3.97. The molecule has 2 heterocycles. The number of anilines is 1. The van der Waals surface area contributed by atoms with E-state index in [9.17, 15) is 9.90 Å². The van der Waals surface area contributed by atoms with Gasteiger partial charge in [0.1, 0.15) is 12.5 Å². The van der Waals surface area contributed by atoms with Gasteiger partial charge < -0.3 is 20.6 Å². The molecule has 31 heavy (non-hydrogen) atoms. The van der Waals surface area contributed by atoms with E-state index in [1.807, 2.05) is 12.1 Å².